The van der Waals surface area contributed by atoms with E-state index in [1.165, 1.54) is 26.0 Å². The number of carbonyl (C=O) groups is 2. The van der Waals surface area contributed by atoms with Gasteiger partial charge >= 0.3 is 20.3 Å². The number of benzene rings is 4. The summed E-state index contributed by atoms with van der Waals surface area (Å²) in [4.78, 5) is 31.1. The molecule has 1 unspecified atom stereocenters. The van der Waals surface area contributed by atoms with Crippen molar-refractivity contribution in [3.05, 3.63) is 126 Å². The van der Waals surface area contributed by atoms with Gasteiger partial charge in [0.1, 0.15) is 19.3 Å². The summed E-state index contributed by atoms with van der Waals surface area (Å²) in [5.74, 6) is -1.44. The van der Waals surface area contributed by atoms with Gasteiger partial charge in [-0.15, -0.1) is 0 Å². The molecule has 1 aliphatic heterocycles. The number of aryl methyl sites for hydroxylation is 1. The highest BCUT2D eigenvalue weighted by molar-refractivity contribution is 7.86. The first-order valence-corrected chi connectivity index (χ1v) is 20.5. The lowest BCUT2D eigenvalue weighted by Crippen LogP contribution is -2.67. The van der Waals surface area contributed by atoms with Gasteiger partial charge in [0.15, 0.2) is 11.7 Å². The third-order valence-electron chi connectivity index (χ3n) is 8.96. The zero-order valence-electron chi connectivity index (χ0n) is 30.7. The summed E-state index contributed by atoms with van der Waals surface area (Å²) in [6.07, 6.45) is -4.14. The molecular formula is C40H46O11SSi. The van der Waals surface area contributed by atoms with E-state index in [0.29, 0.717) is 0 Å². The molecule has 1 heterocycles. The highest BCUT2D eigenvalue weighted by Crippen LogP contribution is 2.41. The van der Waals surface area contributed by atoms with E-state index >= 15 is 0 Å². The molecule has 0 spiro atoms. The fourth-order valence-electron chi connectivity index (χ4n) is 6.42. The fourth-order valence-corrected chi connectivity index (χ4v) is 11.4. The van der Waals surface area contributed by atoms with Crippen LogP contribution in [0.4, 0.5) is 0 Å². The van der Waals surface area contributed by atoms with Gasteiger partial charge < -0.3 is 18.9 Å². The van der Waals surface area contributed by atoms with Gasteiger partial charge in [-0.2, -0.15) is 8.42 Å². The largest absolute Gasteiger partial charge is 0.453 e. The minimum atomic E-state index is -4.38. The summed E-state index contributed by atoms with van der Waals surface area (Å²) in [6.45, 7) is 9.22. The number of esters is 2. The Balaban J connectivity index is 1.60. The Hall–Kier alpha value is -4.21. The molecule has 5 rings (SSSR count). The molecule has 4 atom stereocenters. The Morgan fingerprint density at radius 1 is 0.755 bits per heavy atom. The highest BCUT2D eigenvalue weighted by atomic mass is 32.2. The molecule has 11 nitrogen and oxygen atoms in total. The van der Waals surface area contributed by atoms with E-state index in [-0.39, 0.29) is 11.5 Å². The summed E-state index contributed by atoms with van der Waals surface area (Å²) >= 11 is 0. The van der Waals surface area contributed by atoms with Crippen LogP contribution in [0.25, 0.3) is 0 Å². The van der Waals surface area contributed by atoms with E-state index in [4.69, 9.17) is 32.6 Å². The lowest BCUT2D eigenvalue weighted by molar-refractivity contribution is -0.282. The second kappa shape index (κ2) is 16.9. The highest BCUT2D eigenvalue weighted by Gasteiger charge is 2.61. The van der Waals surface area contributed by atoms with Crippen LogP contribution in [0.5, 0.6) is 0 Å². The van der Waals surface area contributed by atoms with Crippen molar-refractivity contribution in [2.45, 2.75) is 82.2 Å². The lowest BCUT2D eigenvalue weighted by Gasteiger charge is -2.42. The van der Waals surface area contributed by atoms with Crippen LogP contribution in [-0.2, 0) is 58.9 Å². The Bertz CT molecular complexity index is 1880. The molecule has 0 saturated carbocycles. The van der Waals surface area contributed by atoms with Gasteiger partial charge in [-0.05, 0) is 40.0 Å². The second-order valence-electron chi connectivity index (χ2n) is 14.0. The molecule has 1 aliphatic rings. The van der Waals surface area contributed by atoms with Crippen molar-refractivity contribution in [1.29, 1.82) is 0 Å². The number of rotatable bonds is 15. The van der Waals surface area contributed by atoms with E-state index in [9.17, 15) is 18.0 Å². The van der Waals surface area contributed by atoms with Gasteiger partial charge in [-0.1, -0.05) is 129 Å². The third-order valence-corrected chi connectivity index (χ3v) is 15.0. The van der Waals surface area contributed by atoms with Crippen LogP contribution in [0, 0.1) is 6.92 Å². The quantitative estimate of drug-likeness (QED) is 0.0508. The van der Waals surface area contributed by atoms with Crippen molar-refractivity contribution < 1.29 is 50.6 Å². The molecule has 1 saturated heterocycles. The van der Waals surface area contributed by atoms with Gasteiger partial charge in [-0.25, -0.2) is 4.89 Å². The van der Waals surface area contributed by atoms with Gasteiger partial charge in [0.2, 0.25) is 6.29 Å². The maximum absolute atomic E-state index is 13.6. The van der Waals surface area contributed by atoms with E-state index in [1.807, 2.05) is 97.9 Å². The average Bonchev–Trinajstić information content (AvgIpc) is 3.39. The lowest BCUT2D eigenvalue weighted by atomic mass is 9.96. The van der Waals surface area contributed by atoms with Crippen molar-refractivity contribution in [2.24, 2.45) is 0 Å². The molecular weight excluding hydrogens is 717 g/mol. The van der Waals surface area contributed by atoms with Crippen LogP contribution in [0.1, 0.15) is 45.7 Å². The molecule has 0 radical (unpaired) electrons. The van der Waals surface area contributed by atoms with E-state index < -0.39 is 72.7 Å². The predicted octanol–water partition coefficient (Wildman–Crippen LogP) is 5.38. The molecule has 0 bridgehead atoms. The minimum absolute atomic E-state index is 0.0124. The van der Waals surface area contributed by atoms with Gasteiger partial charge in [0, 0.05) is 13.8 Å². The molecule has 0 aromatic heterocycles. The van der Waals surface area contributed by atoms with Crippen LogP contribution < -0.4 is 10.4 Å². The number of hydrogen-bond donors (Lipinski definition) is 0. The SMILES string of the molecule is CC(=O)OC1O[C@@](COO[Si](c2ccccc2)(c2ccccc2)C(C)(C)C)(COS(=O)(=O)c2ccc(C)cc2)[C@@H](OCc2ccccc2)[C@H]1OC(C)=O. The first kappa shape index (κ1) is 40.0. The maximum Gasteiger partial charge on any atom is 0.305 e. The number of hydrogen-bond acceptors (Lipinski definition) is 11. The van der Waals surface area contributed by atoms with E-state index in [0.717, 1.165) is 21.5 Å². The minimum Gasteiger partial charge on any atom is -0.453 e. The van der Waals surface area contributed by atoms with Crippen molar-refractivity contribution in [1.82, 2.24) is 0 Å². The smallest absolute Gasteiger partial charge is 0.305 e. The topological polar surface area (TPSA) is 133 Å². The third kappa shape index (κ3) is 9.30. The first-order valence-electron chi connectivity index (χ1n) is 17.2. The molecule has 13 heteroatoms. The molecule has 282 valence electrons. The zero-order chi connectivity index (χ0) is 38.3. The monoisotopic (exact) mass is 762 g/mol. The van der Waals surface area contributed by atoms with Crippen molar-refractivity contribution in [2.75, 3.05) is 13.2 Å². The molecule has 4 aromatic rings. The Morgan fingerprint density at radius 3 is 1.79 bits per heavy atom. The van der Waals surface area contributed by atoms with Crippen LogP contribution in [0.3, 0.4) is 0 Å². The van der Waals surface area contributed by atoms with Crippen molar-refractivity contribution in [3.8, 4) is 0 Å². The van der Waals surface area contributed by atoms with Crippen molar-refractivity contribution >= 4 is 40.7 Å². The maximum atomic E-state index is 13.6. The summed E-state index contributed by atoms with van der Waals surface area (Å²) < 4.78 is 63.7. The van der Waals surface area contributed by atoms with Crippen LogP contribution in [0.15, 0.2) is 120 Å². The first-order chi connectivity index (χ1) is 25.2. The van der Waals surface area contributed by atoms with E-state index in [1.54, 1.807) is 12.1 Å². The van der Waals surface area contributed by atoms with Crippen LogP contribution in [-0.4, -0.2) is 66.0 Å². The van der Waals surface area contributed by atoms with Crippen LogP contribution in [0.2, 0.25) is 5.04 Å². The molecule has 0 aliphatic carbocycles. The molecule has 0 N–H and O–H groups in total. The fraction of sp³-hybridized carbons (Fsp3) is 0.350. The van der Waals surface area contributed by atoms with Crippen molar-refractivity contribution in [3.63, 3.8) is 0 Å². The zero-order valence-corrected chi connectivity index (χ0v) is 32.5. The number of ether oxygens (including phenoxy) is 4. The van der Waals surface area contributed by atoms with Gasteiger partial charge in [0.05, 0.1) is 11.5 Å². The Morgan fingerprint density at radius 2 is 1.28 bits per heavy atom. The summed E-state index contributed by atoms with van der Waals surface area (Å²) in [5.41, 5.74) is -0.258. The van der Waals surface area contributed by atoms with Crippen LogP contribution >= 0.6 is 0 Å². The molecule has 1 fully saturated rings. The van der Waals surface area contributed by atoms with Gasteiger partial charge in [-0.3, -0.25) is 18.3 Å². The second-order valence-corrected chi connectivity index (χ2v) is 19.8. The molecule has 53 heavy (non-hydrogen) atoms. The molecule has 0 amide bonds. The van der Waals surface area contributed by atoms with Gasteiger partial charge in [0.25, 0.3) is 10.1 Å². The number of carbonyl (C=O) groups excluding carboxylic acids is 2. The Labute approximate surface area is 312 Å². The summed E-state index contributed by atoms with van der Waals surface area (Å²) in [7, 11) is -7.68. The average molecular weight is 763 g/mol. The Kier molecular flexibility index (Phi) is 12.7. The predicted molar refractivity (Wildman–Crippen MR) is 199 cm³/mol. The summed E-state index contributed by atoms with van der Waals surface area (Å²) in [6, 6.07) is 34.9. The molecule has 4 aromatic carbocycles. The summed E-state index contributed by atoms with van der Waals surface area (Å²) in [5, 5.41) is 1.35. The van der Waals surface area contributed by atoms with E-state index in [2.05, 4.69) is 20.8 Å². The standard InChI is InChI=1S/C40H46O11SSi/c1-29-22-24-33(25-23-29)52(43,44)47-28-40(27-46-51-53(39(4,5)6,34-18-12-8-13-19-34)35-20-14-9-15-21-35)37(45-26-32-16-10-7-11-17-32)36(48-30(2)41)38(50-40)49-31(3)42/h7-25,36-38H,26-28H2,1-6H3/t36-,37+,38?,40+/m1/s1. The normalized spacial score (nSPS) is 20.5.